The van der Waals surface area contributed by atoms with Gasteiger partial charge in [-0.15, -0.1) is 0 Å². The van der Waals surface area contributed by atoms with Crippen molar-refractivity contribution < 1.29 is 58.4 Å². The zero-order valence-electron chi connectivity index (χ0n) is 11.7. The van der Waals surface area contributed by atoms with Crippen LogP contribution in [0.15, 0.2) is 0 Å². The Kier molecular flexibility index (Phi) is 10.4. The van der Waals surface area contributed by atoms with Gasteiger partial charge in [-0.25, -0.2) is 0 Å². The van der Waals surface area contributed by atoms with Gasteiger partial charge in [-0.1, -0.05) is 0 Å². The molecule has 0 amide bonds. The van der Waals surface area contributed by atoms with E-state index in [9.17, 15) is 39.6 Å². The first-order valence-electron chi connectivity index (χ1n) is 5.42. The quantitative estimate of drug-likeness (QED) is 0.366. The normalized spacial score (nSPS) is 10.5. The summed E-state index contributed by atoms with van der Waals surface area (Å²) in [6, 6.07) is 0. The Hall–Kier alpha value is -1.67. The first kappa shape index (κ1) is 21.6. The fourth-order valence-electron chi connectivity index (χ4n) is 1.59. The van der Waals surface area contributed by atoms with E-state index in [1.165, 1.54) is 0 Å². The zero-order valence-corrected chi connectivity index (χ0v) is 12.0. The Morgan fingerprint density at radius 1 is 0.810 bits per heavy atom. The van der Waals surface area contributed by atoms with Gasteiger partial charge in [0, 0.05) is 50.0 Å². The summed E-state index contributed by atoms with van der Waals surface area (Å²) >= 11 is 0. The number of nitrogens with one attached hydrogen (secondary N) is 2. The molecule has 11 heteroatoms. The molecule has 117 valence electrons. The van der Waals surface area contributed by atoms with E-state index in [4.69, 9.17) is 0 Å². The zero-order chi connectivity index (χ0) is 15.8. The fourth-order valence-corrected chi connectivity index (χ4v) is 1.59. The molecule has 2 N–H and O–H groups in total. The van der Waals surface area contributed by atoms with Crippen LogP contribution in [0.25, 0.3) is 0 Å². The third kappa shape index (κ3) is 10.7. The van der Waals surface area contributed by atoms with Gasteiger partial charge in [-0.2, -0.15) is 0 Å². The van der Waals surface area contributed by atoms with E-state index in [1.807, 2.05) is 0 Å². The summed E-state index contributed by atoms with van der Waals surface area (Å²) in [6.07, 6.45) is -1.73. The third-order valence-corrected chi connectivity index (χ3v) is 2.31. The fraction of sp³-hybridized carbons (Fsp3) is 0.600. The molecule has 21 heavy (non-hydrogen) atoms. The van der Waals surface area contributed by atoms with Gasteiger partial charge < -0.3 is 50.2 Å². The summed E-state index contributed by atoms with van der Waals surface area (Å²) in [7, 11) is 0. The van der Waals surface area contributed by atoms with Gasteiger partial charge in [0.15, 0.2) is 0 Å². The number of carboxylic acid groups (broad SMARTS) is 4. The molecule has 0 heterocycles. The average Bonchev–Trinajstić information content (AvgIpc) is 2.24. The Morgan fingerprint density at radius 3 is 1.57 bits per heavy atom. The van der Waals surface area contributed by atoms with Crippen LogP contribution in [0.1, 0.15) is 14.3 Å². The molecule has 0 saturated carbocycles. The van der Waals surface area contributed by atoms with Crippen molar-refractivity contribution >= 4 is 23.9 Å². The van der Waals surface area contributed by atoms with Crippen LogP contribution in [0.4, 0.5) is 0 Å². The maximum atomic E-state index is 10.7. The number of rotatable bonds is 11. The second-order valence-electron chi connectivity index (χ2n) is 4.08. The van der Waals surface area contributed by atoms with E-state index < -0.39 is 61.9 Å². The molecule has 1 radical (unpaired) electrons. The van der Waals surface area contributed by atoms with E-state index in [-0.39, 0.29) is 18.8 Å². The molecule has 0 fully saturated rings. The first-order chi connectivity index (χ1) is 9.17. The maximum Gasteiger partial charge on any atom is 3.00 e. The summed E-state index contributed by atoms with van der Waals surface area (Å²) in [5.74, 6) is -6.38. The summed E-state index contributed by atoms with van der Waals surface area (Å²) in [5.41, 5.74) is -1.78. The Bertz CT molecular complexity index is 390. The van der Waals surface area contributed by atoms with E-state index in [0.717, 1.165) is 0 Å². The molecule has 0 unspecified atom stereocenters. The van der Waals surface area contributed by atoms with Crippen LogP contribution in [0.5, 0.6) is 0 Å². The van der Waals surface area contributed by atoms with Crippen molar-refractivity contribution in [2.75, 3.05) is 19.6 Å². The third-order valence-electron chi connectivity index (χ3n) is 2.31. The van der Waals surface area contributed by atoms with Crippen molar-refractivity contribution in [1.29, 1.82) is 0 Å². The molecular formula is C10H13CrN2O8. The average molecular weight is 341 g/mol. The topological polar surface area (TPSA) is 185 Å². The van der Waals surface area contributed by atoms with E-state index in [1.54, 1.807) is 0 Å². The molecule has 0 aromatic carbocycles. The number of carboxylic acids is 4. The van der Waals surface area contributed by atoms with Gasteiger partial charge in [0.25, 0.3) is 0 Å². The van der Waals surface area contributed by atoms with Crippen LogP contribution in [-0.4, -0.2) is 49.1 Å². The van der Waals surface area contributed by atoms with Gasteiger partial charge in [-0.3, -0.25) is 0 Å². The Balaban J connectivity index is -0.00000180. The van der Waals surface area contributed by atoms with Crippen molar-refractivity contribution in [2.45, 2.75) is 18.4 Å². The largest absolute Gasteiger partial charge is 3.00 e. The number of aliphatic carboxylic acids is 4. The molecule has 0 aromatic heterocycles. The number of carbonyl (C=O) groups is 4. The predicted molar refractivity (Wildman–Crippen MR) is 54.0 cm³/mol. The first-order valence-corrected chi connectivity index (χ1v) is 5.42. The van der Waals surface area contributed by atoms with Crippen LogP contribution in [0, 0.1) is 0 Å². The van der Waals surface area contributed by atoms with E-state index in [2.05, 4.69) is 10.6 Å². The van der Waals surface area contributed by atoms with Crippen LogP contribution < -0.4 is 31.1 Å². The standard InChI is InChI=1S/C10H16N2O8.Cr/c13-6(14)1-10(2-7(15)16,12-4-9(19)20)5-11-3-8(17)18;/h11-12H,1-5H2,(H,13,14)(H,15,16)(H,17,18)(H,19,20);/q;+3/p-3. The molecule has 0 aliphatic heterocycles. The Morgan fingerprint density at radius 2 is 1.24 bits per heavy atom. The molecule has 0 spiro atoms. The summed E-state index contributed by atoms with van der Waals surface area (Å²) < 4.78 is 0. The van der Waals surface area contributed by atoms with Crippen molar-refractivity contribution in [2.24, 2.45) is 0 Å². The van der Waals surface area contributed by atoms with Gasteiger partial charge in [0.1, 0.15) is 0 Å². The minimum Gasteiger partial charge on any atom is -0.550 e. The summed E-state index contributed by atoms with van der Waals surface area (Å²) in [6.45, 7) is -1.96. The number of hydrogen-bond donors (Lipinski definition) is 2. The van der Waals surface area contributed by atoms with Crippen LogP contribution in [0.3, 0.4) is 0 Å². The molecule has 0 atom stereocenters. The smallest absolute Gasteiger partial charge is 0.550 e. The molecule has 0 aliphatic carbocycles. The van der Waals surface area contributed by atoms with Crippen LogP contribution >= 0.6 is 0 Å². The van der Waals surface area contributed by atoms with Gasteiger partial charge in [0.05, 0.1) is 11.9 Å². The minimum atomic E-state index is -1.78. The van der Waals surface area contributed by atoms with Crippen molar-refractivity contribution in [3.63, 3.8) is 0 Å². The van der Waals surface area contributed by atoms with Gasteiger partial charge >= 0.3 is 18.8 Å². The van der Waals surface area contributed by atoms with Gasteiger partial charge in [-0.05, 0) is 0 Å². The molecule has 0 bridgehead atoms. The molecule has 0 aromatic rings. The second kappa shape index (κ2) is 10.1. The SMILES string of the molecule is O=C([O-])CNCC(CC(=O)[O-])(CC(=O)[O-])NCC(=O)[O-].[Cr+3].[H+]. The molecule has 0 saturated heterocycles. The Labute approximate surface area is 131 Å². The van der Waals surface area contributed by atoms with Gasteiger partial charge in [0.2, 0.25) is 0 Å². The van der Waals surface area contributed by atoms with Crippen molar-refractivity contribution in [3.8, 4) is 0 Å². The molecule has 10 nitrogen and oxygen atoms in total. The monoisotopic (exact) mass is 341 g/mol. The maximum absolute atomic E-state index is 10.7. The summed E-state index contributed by atoms with van der Waals surface area (Å²) in [5, 5.41) is 46.4. The molecule has 0 rings (SSSR count). The summed E-state index contributed by atoms with van der Waals surface area (Å²) in [4.78, 5) is 41.9. The van der Waals surface area contributed by atoms with E-state index >= 15 is 0 Å². The number of carbonyl (C=O) groups excluding carboxylic acids is 4. The number of hydrogen-bond acceptors (Lipinski definition) is 10. The molecular weight excluding hydrogens is 328 g/mol. The van der Waals surface area contributed by atoms with Crippen molar-refractivity contribution in [3.05, 3.63) is 0 Å². The van der Waals surface area contributed by atoms with E-state index in [0.29, 0.717) is 0 Å². The van der Waals surface area contributed by atoms with Crippen molar-refractivity contribution in [1.82, 2.24) is 10.6 Å². The molecule has 0 aliphatic rings. The minimum absolute atomic E-state index is 0. The predicted octanol–water partition coefficient (Wildman–Crippen LogP) is -7.21. The van der Waals surface area contributed by atoms with Crippen LogP contribution in [0.2, 0.25) is 0 Å². The second-order valence-corrected chi connectivity index (χ2v) is 4.08. The van der Waals surface area contributed by atoms with Crippen LogP contribution in [-0.2, 0) is 36.5 Å².